The lowest BCUT2D eigenvalue weighted by atomic mass is 10.2. The molecule has 0 bridgehead atoms. The molecule has 5 heteroatoms. The molecule has 1 atom stereocenters. The van der Waals surface area contributed by atoms with E-state index < -0.39 is 0 Å². The molecule has 0 aliphatic carbocycles. The first-order valence-corrected chi connectivity index (χ1v) is 5.75. The van der Waals surface area contributed by atoms with Gasteiger partial charge >= 0.3 is 0 Å². The van der Waals surface area contributed by atoms with E-state index in [1.54, 1.807) is 0 Å². The normalized spacial score (nSPS) is 23.3. The molecule has 0 aromatic heterocycles. The first-order chi connectivity index (χ1) is 7.09. The van der Waals surface area contributed by atoms with Crippen molar-refractivity contribution in [1.82, 2.24) is 4.90 Å². The highest BCUT2D eigenvalue weighted by molar-refractivity contribution is 7.80. The van der Waals surface area contributed by atoms with Gasteiger partial charge in [-0.05, 0) is 13.8 Å². The summed E-state index contributed by atoms with van der Waals surface area (Å²) in [5.74, 6) is 0. The monoisotopic (exact) mass is 232 g/mol. The molecule has 1 saturated heterocycles. The summed E-state index contributed by atoms with van der Waals surface area (Å²) in [6.07, 6.45) is 0.199. The van der Waals surface area contributed by atoms with Crippen LogP contribution in [0.1, 0.15) is 13.8 Å². The van der Waals surface area contributed by atoms with Gasteiger partial charge in [-0.2, -0.15) is 0 Å². The zero-order chi connectivity index (χ0) is 11.3. The predicted molar refractivity (Wildman–Crippen MR) is 64.1 cm³/mol. The van der Waals surface area contributed by atoms with Gasteiger partial charge in [0.15, 0.2) is 0 Å². The average Bonchev–Trinajstić information content (AvgIpc) is 2.17. The van der Waals surface area contributed by atoms with Crippen molar-refractivity contribution < 1.29 is 9.47 Å². The van der Waals surface area contributed by atoms with Crippen molar-refractivity contribution in [2.75, 3.05) is 32.8 Å². The third-order valence-corrected chi connectivity index (χ3v) is 2.59. The van der Waals surface area contributed by atoms with Crippen molar-refractivity contribution in [2.24, 2.45) is 5.73 Å². The molecule has 0 radical (unpaired) electrons. The van der Waals surface area contributed by atoms with Crippen LogP contribution in [0.4, 0.5) is 0 Å². The molecule has 0 aromatic rings. The van der Waals surface area contributed by atoms with Crippen molar-refractivity contribution in [2.45, 2.75) is 26.1 Å². The smallest absolute Gasteiger partial charge is 0.120 e. The zero-order valence-corrected chi connectivity index (χ0v) is 10.3. The van der Waals surface area contributed by atoms with Gasteiger partial charge in [-0.3, -0.25) is 4.90 Å². The Labute approximate surface area is 96.7 Å². The quantitative estimate of drug-likeness (QED) is 0.695. The summed E-state index contributed by atoms with van der Waals surface area (Å²) in [5.41, 5.74) is 5.55. The van der Waals surface area contributed by atoms with Crippen LogP contribution >= 0.6 is 12.2 Å². The van der Waals surface area contributed by atoms with Gasteiger partial charge in [-0.15, -0.1) is 0 Å². The highest BCUT2D eigenvalue weighted by atomic mass is 32.1. The van der Waals surface area contributed by atoms with Crippen molar-refractivity contribution in [3.05, 3.63) is 0 Å². The van der Waals surface area contributed by atoms with Crippen molar-refractivity contribution in [3.63, 3.8) is 0 Å². The summed E-state index contributed by atoms with van der Waals surface area (Å²) in [4.78, 5) is 2.72. The molecule has 1 heterocycles. The van der Waals surface area contributed by atoms with Crippen LogP contribution in [0.2, 0.25) is 0 Å². The van der Waals surface area contributed by atoms with E-state index in [1.165, 1.54) is 0 Å². The van der Waals surface area contributed by atoms with E-state index in [4.69, 9.17) is 27.4 Å². The number of rotatable bonds is 5. The second-order valence-electron chi connectivity index (χ2n) is 3.98. The minimum Gasteiger partial charge on any atom is -0.391 e. The minimum absolute atomic E-state index is 0.0900. The summed E-state index contributed by atoms with van der Waals surface area (Å²) in [6, 6.07) is 0. The number of hydrogen-bond donors (Lipinski definition) is 1. The summed E-state index contributed by atoms with van der Waals surface area (Å²) >= 11 is 4.92. The number of morpholine rings is 1. The van der Waals surface area contributed by atoms with Gasteiger partial charge in [0.2, 0.25) is 0 Å². The van der Waals surface area contributed by atoms with Gasteiger partial charge < -0.3 is 15.2 Å². The van der Waals surface area contributed by atoms with E-state index in [0.717, 1.165) is 26.2 Å². The molecule has 88 valence electrons. The number of nitrogens with zero attached hydrogens (tertiary/aromatic N) is 1. The molecule has 1 aliphatic rings. The summed E-state index contributed by atoms with van der Waals surface area (Å²) in [5, 5.41) is 0. The minimum atomic E-state index is -0.0900. The van der Waals surface area contributed by atoms with E-state index >= 15 is 0 Å². The van der Waals surface area contributed by atoms with E-state index in [-0.39, 0.29) is 12.2 Å². The fraction of sp³-hybridized carbons (Fsp3) is 0.900. The second kappa shape index (κ2) is 6.37. The van der Waals surface area contributed by atoms with E-state index in [2.05, 4.69) is 4.90 Å². The standard InChI is InChI=1S/C10H20N2O2S/c1-8(2)13-5-3-12-4-6-14-9(7-12)10(11)15/h8-9H,3-7H2,1-2H3,(H2,11,15). The predicted octanol–water partition coefficient (Wildman–Crippen LogP) is 0.398. The van der Waals surface area contributed by atoms with E-state index in [1.807, 2.05) is 13.8 Å². The molecule has 0 aromatic carbocycles. The van der Waals surface area contributed by atoms with Gasteiger partial charge in [0, 0.05) is 19.6 Å². The molecule has 4 nitrogen and oxygen atoms in total. The maximum absolute atomic E-state index is 5.55. The van der Waals surface area contributed by atoms with Crippen molar-refractivity contribution >= 4 is 17.2 Å². The van der Waals surface area contributed by atoms with Crippen LogP contribution in [0.25, 0.3) is 0 Å². The van der Waals surface area contributed by atoms with Crippen LogP contribution in [0.5, 0.6) is 0 Å². The van der Waals surface area contributed by atoms with E-state index in [0.29, 0.717) is 11.6 Å². The first kappa shape index (κ1) is 12.8. The molecule has 0 saturated carbocycles. The maximum atomic E-state index is 5.55. The Balaban J connectivity index is 2.21. The van der Waals surface area contributed by atoms with Crippen LogP contribution in [0.3, 0.4) is 0 Å². The van der Waals surface area contributed by atoms with Crippen LogP contribution in [0, 0.1) is 0 Å². The fourth-order valence-corrected chi connectivity index (χ4v) is 1.64. The average molecular weight is 232 g/mol. The van der Waals surface area contributed by atoms with E-state index in [9.17, 15) is 0 Å². The molecular weight excluding hydrogens is 212 g/mol. The Bertz CT molecular complexity index is 212. The third-order valence-electron chi connectivity index (χ3n) is 2.33. The number of hydrogen-bond acceptors (Lipinski definition) is 4. The van der Waals surface area contributed by atoms with Crippen LogP contribution in [0.15, 0.2) is 0 Å². The number of ether oxygens (including phenoxy) is 2. The molecule has 2 N–H and O–H groups in total. The molecule has 1 fully saturated rings. The summed E-state index contributed by atoms with van der Waals surface area (Å²) < 4.78 is 10.9. The molecule has 1 aliphatic heterocycles. The number of nitrogens with two attached hydrogens (primary N) is 1. The van der Waals surface area contributed by atoms with Gasteiger partial charge in [-0.25, -0.2) is 0 Å². The lowest BCUT2D eigenvalue weighted by molar-refractivity contribution is -0.0113. The molecule has 15 heavy (non-hydrogen) atoms. The van der Waals surface area contributed by atoms with Crippen molar-refractivity contribution in [1.29, 1.82) is 0 Å². The molecule has 1 rings (SSSR count). The molecular formula is C10H20N2O2S. The largest absolute Gasteiger partial charge is 0.391 e. The Hall–Kier alpha value is -0.230. The van der Waals surface area contributed by atoms with Gasteiger partial charge in [0.25, 0.3) is 0 Å². The first-order valence-electron chi connectivity index (χ1n) is 5.34. The topological polar surface area (TPSA) is 47.7 Å². The Morgan fingerprint density at radius 2 is 2.40 bits per heavy atom. The van der Waals surface area contributed by atoms with Crippen LogP contribution < -0.4 is 5.73 Å². The highest BCUT2D eigenvalue weighted by Crippen LogP contribution is 2.05. The van der Waals surface area contributed by atoms with Gasteiger partial charge in [0.1, 0.15) is 11.1 Å². The zero-order valence-electron chi connectivity index (χ0n) is 9.44. The molecule has 1 unspecified atom stereocenters. The lowest BCUT2D eigenvalue weighted by Crippen LogP contribution is -2.48. The fourth-order valence-electron chi connectivity index (χ4n) is 1.50. The van der Waals surface area contributed by atoms with Gasteiger partial charge in [0.05, 0.1) is 19.3 Å². The van der Waals surface area contributed by atoms with Crippen LogP contribution in [-0.2, 0) is 9.47 Å². The van der Waals surface area contributed by atoms with Crippen molar-refractivity contribution in [3.8, 4) is 0 Å². The lowest BCUT2D eigenvalue weighted by Gasteiger charge is -2.32. The highest BCUT2D eigenvalue weighted by Gasteiger charge is 2.21. The Kier molecular flexibility index (Phi) is 5.45. The number of thiocarbonyl (C=S) groups is 1. The Morgan fingerprint density at radius 1 is 1.67 bits per heavy atom. The molecule has 0 spiro atoms. The third kappa shape index (κ3) is 4.88. The second-order valence-corrected chi connectivity index (χ2v) is 4.45. The summed E-state index contributed by atoms with van der Waals surface area (Å²) in [7, 11) is 0. The molecule has 0 amide bonds. The maximum Gasteiger partial charge on any atom is 0.120 e. The Morgan fingerprint density at radius 3 is 3.00 bits per heavy atom. The van der Waals surface area contributed by atoms with Gasteiger partial charge in [-0.1, -0.05) is 12.2 Å². The SMILES string of the molecule is CC(C)OCCN1CCOC(C(N)=S)C1. The van der Waals surface area contributed by atoms with Crippen LogP contribution in [-0.4, -0.2) is 54.9 Å². The summed E-state index contributed by atoms with van der Waals surface area (Å²) in [6.45, 7) is 8.16.